The molecule has 8 heteroatoms. The third kappa shape index (κ3) is 5.94. The first kappa shape index (κ1) is 19.6. The number of halogens is 1. The van der Waals surface area contributed by atoms with Gasteiger partial charge in [0.05, 0.1) is 6.54 Å². The highest BCUT2D eigenvalue weighted by Crippen LogP contribution is 2.32. The third-order valence-corrected chi connectivity index (χ3v) is 3.87. The van der Waals surface area contributed by atoms with Crippen LogP contribution >= 0.6 is 24.0 Å². The van der Waals surface area contributed by atoms with Crippen LogP contribution in [0.25, 0.3) is 0 Å². The van der Waals surface area contributed by atoms with Gasteiger partial charge in [-0.25, -0.2) is 4.99 Å². The van der Waals surface area contributed by atoms with Gasteiger partial charge in [-0.05, 0) is 37.5 Å². The molecule has 0 atom stereocenters. The molecule has 1 saturated carbocycles. The van der Waals surface area contributed by atoms with Crippen LogP contribution in [0, 0.1) is 5.92 Å². The van der Waals surface area contributed by atoms with Crippen molar-refractivity contribution < 1.29 is 14.3 Å². The maximum absolute atomic E-state index is 11.6. The molecule has 138 valence electrons. The lowest BCUT2D eigenvalue weighted by atomic mass is 10.2. The molecule has 0 radical (unpaired) electrons. The molecule has 0 aromatic heterocycles. The second-order valence-corrected chi connectivity index (χ2v) is 5.87. The summed E-state index contributed by atoms with van der Waals surface area (Å²) in [5, 5.41) is 9.35. The molecular weight excluding hydrogens is 435 g/mol. The van der Waals surface area contributed by atoms with Crippen molar-refractivity contribution in [1.82, 2.24) is 16.0 Å². The molecule has 0 bridgehead atoms. The minimum Gasteiger partial charge on any atom is -0.454 e. The van der Waals surface area contributed by atoms with Crippen LogP contribution in [0.2, 0.25) is 0 Å². The number of amides is 1. The van der Waals surface area contributed by atoms with Crippen LogP contribution in [0.15, 0.2) is 23.2 Å². The SMILES string of the molecule is CCNC(=NCc1ccc2c(c1)OCO2)NCCNC(=O)C1CC1.I. The number of carbonyl (C=O) groups excluding carboxylic acids is 1. The number of nitrogens with zero attached hydrogens (tertiary/aromatic N) is 1. The molecule has 1 fully saturated rings. The van der Waals surface area contributed by atoms with Gasteiger partial charge in [0.25, 0.3) is 0 Å². The van der Waals surface area contributed by atoms with E-state index in [1.165, 1.54) is 0 Å². The number of benzene rings is 1. The van der Waals surface area contributed by atoms with Crippen LogP contribution in [-0.2, 0) is 11.3 Å². The average molecular weight is 460 g/mol. The maximum atomic E-state index is 11.6. The minimum atomic E-state index is 0. The van der Waals surface area contributed by atoms with Crippen molar-refractivity contribution in [2.75, 3.05) is 26.4 Å². The quantitative estimate of drug-likeness (QED) is 0.249. The van der Waals surface area contributed by atoms with Gasteiger partial charge in [0.15, 0.2) is 17.5 Å². The molecule has 0 unspecified atom stereocenters. The molecule has 1 aromatic rings. The van der Waals surface area contributed by atoms with Gasteiger partial charge in [0, 0.05) is 25.6 Å². The second-order valence-electron chi connectivity index (χ2n) is 5.87. The number of carbonyl (C=O) groups is 1. The summed E-state index contributed by atoms with van der Waals surface area (Å²) in [6.07, 6.45) is 2.05. The molecule has 1 heterocycles. The fourth-order valence-corrected chi connectivity index (χ4v) is 2.41. The van der Waals surface area contributed by atoms with Gasteiger partial charge in [0.1, 0.15) is 0 Å². The standard InChI is InChI=1S/C17H24N4O3.HI/c1-2-18-17(20-8-7-19-16(22)13-4-5-13)21-10-12-3-6-14-15(9-12)24-11-23-14;/h3,6,9,13H,2,4-5,7-8,10-11H2,1H3,(H,19,22)(H2,18,20,21);1H. The molecule has 3 N–H and O–H groups in total. The molecule has 25 heavy (non-hydrogen) atoms. The van der Waals surface area contributed by atoms with Crippen molar-refractivity contribution in [2.45, 2.75) is 26.3 Å². The lowest BCUT2D eigenvalue weighted by Gasteiger charge is -2.12. The Hall–Kier alpha value is -1.71. The van der Waals surface area contributed by atoms with Crippen molar-refractivity contribution in [1.29, 1.82) is 0 Å². The third-order valence-electron chi connectivity index (χ3n) is 3.87. The maximum Gasteiger partial charge on any atom is 0.231 e. The van der Waals surface area contributed by atoms with Crippen molar-refractivity contribution in [2.24, 2.45) is 10.9 Å². The van der Waals surface area contributed by atoms with Gasteiger partial charge in [-0.1, -0.05) is 6.07 Å². The van der Waals surface area contributed by atoms with Crippen LogP contribution in [0.5, 0.6) is 11.5 Å². The Morgan fingerprint density at radius 2 is 1.92 bits per heavy atom. The van der Waals surface area contributed by atoms with E-state index in [1.807, 2.05) is 25.1 Å². The number of rotatable bonds is 7. The summed E-state index contributed by atoms with van der Waals surface area (Å²) < 4.78 is 10.7. The van der Waals surface area contributed by atoms with E-state index in [0.29, 0.717) is 19.6 Å². The summed E-state index contributed by atoms with van der Waals surface area (Å²) in [6.45, 7) is 4.86. The number of guanidine groups is 1. The lowest BCUT2D eigenvalue weighted by molar-refractivity contribution is -0.122. The number of nitrogens with one attached hydrogen (secondary N) is 3. The Labute approximate surface area is 165 Å². The smallest absolute Gasteiger partial charge is 0.231 e. The molecule has 0 spiro atoms. The van der Waals surface area contributed by atoms with Crippen molar-refractivity contribution in [3.05, 3.63) is 23.8 Å². The Bertz CT molecular complexity index is 620. The van der Waals surface area contributed by atoms with Gasteiger partial charge in [-0.2, -0.15) is 0 Å². The molecule has 1 amide bonds. The first-order valence-corrected chi connectivity index (χ1v) is 8.44. The molecular formula is C17H25IN4O3. The normalized spacial score (nSPS) is 15.3. The molecule has 7 nitrogen and oxygen atoms in total. The fraction of sp³-hybridized carbons (Fsp3) is 0.529. The average Bonchev–Trinajstić information content (AvgIpc) is 3.34. The van der Waals surface area contributed by atoms with E-state index in [1.54, 1.807) is 0 Å². The van der Waals surface area contributed by atoms with Crippen LogP contribution in [0.4, 0.5) is 0 Å². The first-order chi connectivity index (χ1) is 11.8. The van der Waals surface area contributed by atoms with E-state index < -0.39 is 0 Å². The Kier molecular flexibility index (Phi) is 7.60. The Balaban J connectivity index is 0.00000225. The highest BCUT2D eigenvalue weighted by Gasteiger charge is 2.28. The zero-order valence-corrected chi connectivity index (χ0v) is 16.7. The van der Waals surface area contributed by atoms with Gasteiger partial charge in [-0.15, -0.1) is 24.0 Å². The number of fused-ring (bicyclic) bond motifs is 1. The number of hydrogen-bond donors (Lipinski definition) is 3. The number of hydrogen-bond acceptors (Lipinski definition) is 4. The number of aliphatic imine (C=N–C) groups is 1. The summed E-state index contributed by atoms with van der Waals surface area (Å²) in [6, 6.07) is 5.84. The van der Waals surface area contributed by atoms with E-state index in [9.17, 15) is 4.79 Å². The largest absolute Gasteiger partial charge is 0.454 e. The fourth-order valence-electron chi connectivity index (χ4n) is 2.41. The molecule has 1 aliphatic carbocycles. The highest BCUT2D eigenvalue weighted by atomic mass is 127. The summed E-state index contributed by atoms with van der Waals surface area (Å²) in [5.74, 6) is 2.69. The van der Waals surface area contributed by atoms with Crippen molar-refractivity contribution >= 4 is 35.8 Å². The lowest BCUT2D eigenvalue weighted by Crippen LogP contribution is -2.41. The predicted octanol–water partition coefficient (Wildman–Crippen LogP) is 1.61. The van der Waals surface area contributed by atoms with Crippen LogP contribution < -0.4 is 25.4 Å². The van der Waals surface area contributed by atoms with Gasteiger partial charge < -0.3 is 25.4 Å². The second kappa shape index (κ2) is 9.69. The zero-order chi connectivity index (χ0) is 16.8. The summed E-state index contributed by atoms with van der Waals surface area (Å²) in [5.41, 5.74) is 1.05. The van der Waals surface area contributed by atoms with E-state index in [0.717, 1.165) is 42.4 Å². The summed E-state index contributed by atoms with van der Waals surface area (Å²) in [7, 11) is 0. The van der Waals surface area contributed by atoms with E-state index in [-0.39, 0.29) is 42.6 Å². The summed E-state index contributed by atoms with van der Waals surface area (Å²) >= 11 is 0. The molecule has 2 aliphatic rings. The first-order valence-electron chi connectivity index (χ1n) is 8.44. The highest BCUT2D eigenvalue weighted by molar-refractivity contribution is 14.0. The molecule has 3 rings (SSSR count). The topological polar surface area (TPSA) is 84.0 Å². The predicted molar refractivity (Wildman–Crippen MR) is 107 cm³/mol. The monoisotopic (exact) mass is 460 g/mol. The van der Waals surface area contributed by atoms with Gasteiger partial charge >= 0.3 is 0 Å². The zero-order valence-electron chi connectivity index (χ0n) is 14.3. The Morgan fingerprint density at radius 1 is 1.16 bits per heavy atom. The van der Waals surface area contributed by atoms with Crippen LogP contribution in [-0.4, -0.2) is 38.3 Å². The molecule has 0 saturated heterocycles. The van der Waals surface area contributed by atoms with E-state index >= 15 is 0 Å². The summed E-state index contributed by atoms with van der Waals surface area (Å²) in [4.78, 5) is 16.1. The van der Waals surface area contributed by atoms with Crippen molar-refractivity contribution in [3.8, 4) is 11.5 Å². The Morgan fingerprint density at radius 3 is 2.68 bits per heavy atom. The van der Waals surface area contributed by atoms with Gasteiger partial charge in [-0.3, -0.25) is 4.79 Å². The van der Waals surface area contributed by atoms with Crippen molar-refractivity contribution in [3.63, 3.8) is 0 Å². The van der Waals surface area contributed by atoms with Crippen LogP contribution in [0.1, 0.15) is 25.3 Å². The van der Waals surface area contributed by atoms with E-state index in [2.05, 4.69) is 20.9 Å². The van der Waals surface area contributed by atoms with E-state index in [4.69, 9.17) is 9.47 Å². The molecule has 1 aliphatic heterocycles. The number of ether oxygens (including phenoxy) is 2. The van der Waals surface area contributed by atoms with Gasteiger partial charge in [0.2, 0.25) is 12.7 Å². The molecule has 1 aromatic carbocycles. The van der Waals surface area contributed by atoms with Crippen LogP contribution in [0.3, 0.4) is 0 Å². The minimum absolute atomic E-state index is 0.